The van der Waals surface area contributed by atoms with Crippen molar-refractivity contribution in [1.29, 1.82) is 0 Å². The molecule has 0 aliphatic rings. The Labute approximate surface area is 229 Å². The van der Waals surface area contributed by atoms with Crippen LogP contribution in [0.4, 0.5) is 0 Å². The zero-order chi connectivity index (χ0) is 28.8. The van der Waals surface area contributed by atoms with Crippen molar-refractivity contribution >= 4 is 23.7 Å². The van der Waals surface area contributed by atoms with Gasteiger partial charge in [0.05, 0.1) is 6.04 Å². The molecule has 10 heteroatoms. The number of carbonyl (C=O) groups is 4. The lowest BCUT2D eigenvalue weighted by Crippen LogP contribution is -2.58. The first-order chi connectivity index (χ1) is 18.6. The maximum atomic E-state index is 13.4. The van der Waals surface area contributed by atoms with Gasteiger partial charge in [-0.15, -0.1) is 0 Å². The second-order valence-corrected chi connectivity index (χ2v) is 9.96. The zero-order valence-corrected chi connectivity index (χ0v) is 22.6. The molecule has 0 spiro atoms. The van der Waals surface area contributed by atoms with E-state index in [0.29, 0.717) is 25.8 Å². The van der Waals surface area contributed by atoms with Gasteiger partial charge in [0.25, 0.3) is 0 Å². The Morgan fingerprint density at radius 2 is 1.18 bits per heavy atom. The summed E-state index contributed by atoms with van der Waals surface area (Å²) >= 11 is 0. The molecule has 0 saturated carbocycles. The first-order valence-corrected chi connectivity index (χ1v) is 13.3. The molecule has 0 aromatic heterocycles. The maximum absolute atomic E-state index is 13.4. The molecule has 0 fully saturated rings. The molecule has 0 radical (unpaired) electrons. The van der Waals surface area contributed by atoms with E-state index in [2.05, 4.69) is 16.0 Å². The molecule has 0 aliphatic carbocycles. The van der Waals surface area contributed by atoms with Gasteiger partial charge in [0.1, 0.15) is 18.1 Å². The molecule has 4 atom stereocenters. The average Bonchev–Trinajstić information content (AvgIpc) is 2.92. The molecule has 2 aromatic rings. The quantitative estimate of drug-likeness (QED) is 0.173. The first-order valence-electron chi connectivity index (χ1n) is 13.3. The number of carboxylic acids is 1. The topological polar surface area (TPSA) is 177 Å². The molecule has 39 heavy (non-hydrogen) atoms. The highest BCUT2D eigenvalue weighted by Crippen LogP contribution is 2.09. The third kappa shape index (κ3) is 10.9. The predicted octanol–water partition coefficient (Wildman–Crippen LogP) is 1.12. The zero-order valence-electron chi connectivity index (χ0n) is 22.6. The van der Waals surface area contributed by atoms with E-state index in [4.69, 9.17) is 11.5 Å². The van der Waals surface area contributed by atoms with E-state index in [-0.39, 0.29) is 18.8 Å². The summed E-state index contributed by atoms with van der Waals surface area (Å²) in [6, 6.07) is 14.0. The van der Waals surface area contributed by atoms with Crippen LogP contribution in [0.3, 0.4) is 0 Å². The minimum absolute atomic E-state index is 0.0821. The summed E-state index contributed by atoms with van der Waals surface area (Å²) in [6.07, 6.45) is 1.76. The van der Waals surface area contributed by atoms with Gasteiger partial charge in [0.2, 0.25) is 17.7 Å². The molecule has 2 aromatic carbocycles. The molecule has 0 bridgehead atoms. The Kier molecular flexibility index (Phi) is 13.1. The minimum atomic E-state index is -1.20. The number of unbranched alkanes of at least 4 members (excludes halogenated alkanes) is 1. The fourth-order valence-electron chi connectivity index (χ4n) is 3.99. The molecule has 212 valence electrons. The first kappa shape index (κ1) is 31.5. The Balaban J connectivity index is 2.24. The van der Waals surface area contributed by atoms with Gasteiger partial charge < -0.3 is 32.5 Å². The van der Waals surface area contributed by atoms with Crippen molar-refractivity contribution in [2.45, 2.75) is 70.1 Å². The number of aliphatic carboxylic acids is 1. The van der Waals surface area contributed by atoms with Gasteiger partial charge in [0.15, 0.2) is 0 Å². The van der Waals surface area contributed by atoms with Crippen LogP contribution in [0.15, 0.2) is 60.7 Å². The minimum Gasteiger partial charge on any atom is -0.480 e. The van der Waals surface area contributed by atoms with E-state index < -0.39 is 47.9 Å². The lowest BCUT2D eigenvalue weighted by molar-refractivity contribution is -0.142. The third-order valence-electron chi connectivity index (χ3n) is 6.41. The lowest BCUT2D eigenvalue weighted by atomic mass is 10.0. The number of rotatable bonds is 16. The van der Waals surface area contributed by atoms with E-state index in [1.807, 2.05) is 50.2 Å². The van der Waals surface area contributed by atoms with Crippen LogP contribution in [0.5, 0.6) is 0 Å². The SMILES string of the molecule is CC(C)C(N)C(=O)NC(CCCCN)C(=O)NC(Cc1ccccc1)C(=O)NC(Cc1ccccc1)C(=O)O. The fourth-order valence-corrected chi connectivity index (χ4v) is 3.99. The summed E-state index contributed by atoms with van der Waals surface area (Å²) < 4.78 is 0. The monoisotopic (exact) mass is 539 g/mol. The summed E-state index contributed by atoms with van der Waals surface area (Å²) in [5.74, 6) is -2.97. The molecular formula is C29H41N5O5. The van der Waals surface area contributed by atoms with Gasteiger partial charge in [-0.05, 0) is 42.9 Å². The highest BCUT2D eigenvalue weighted by Gasteiger charge is 2.31. The van der Waals surface area contributed by atoms with Gasteiger partial charge in [0, 0.05) is 12.8 Å². The van der Waals surface area contributed by atoms with E-state index in [0.717, 1.165) is 11.1 Å². The standard InChI is InChI=1S/C29H41N5O5/c1-19(2)25(31)28(37)32-22(15-9-10-16-30)26(35)33-23(17-20-11-5-3-6-12-20)27(36)34-24(29(38)39)18-21-13-7-4-8-14-21/h3-8,11-14,19,22-25H,9-10,15-18,30-31H2,1-2H3,(H,32,37)(H,33,35)(H,34,36)(H,38,39). The summed E-state index contributed by atoms with van der Waals surface area (Å²) in [6.45, 7) is 4.05. The highest BCUT2D eigenvalue weighted by atomic mass is 16.4. The molecule has 2 rings (SSSR count). The molecule has 3 amide bonds. The number of hydrogen-bond acceptors (Lipinski definition) is 6. The van der Waals surface area contributed by atoms with Crippen LogP contribution in [0.1, 0.15) is 44.2 Å². The Hall–Kier alpha value is -3.76. The second-order valence-electron chi connectivity index (χ2n) is 9.96. The third-order valence-corrected chi connectivity index (χ3v) is 6.41. The second kappa shape index (κ2) is 16.3. The summed E-state index contributed by atoms with van der Waals surface area (Å²) in [5.41, 5.74) is 13.1. The van der Waals surface area contributed by atoms with Gasteiger partial charge in [-0.2, -0.15) is 0 Å². The van der Waals surface area contributed by atoms with E-state index in [9.17, 15) is 24.3 Å². The summed E-state index contributed by atoms with van der Waals surface area (Å²) in [7, 11) is 0. The number of amides is 3. The van der Waals surface area contributed by atoms with Crippen molar-refractivity contribution in [1.82, 2.24) is 16.0 Å². The van der Waals surface area contributed by atoms with Crippen molar-refractivity contribution in [2.24, 2.45) is 17.4 Å². The van der Waals surface area contributed by atoms with Crippen LogP contribution >= 0.6 is 0 Å². The van der Waals surface area contributed by atoms with Crippen molar-refractivity contribution < 1.29 is 24.3 Å². The highest BCUT2D eigenvalue weighted by molar-refractivity contribution is 5.94. The molecule has 10 nitrogen and oxygen atoms in total. The molecule has 0 heterocycles. The summed E-state index contributed by atoms with van der Waals surface area (Å²) in [5, 5.41) is 17.8. The molecule has 4 unspecified atom stereocenters. The Bertz CT molecular complexity index is 1060. The number of benzene rings is 2. The number of nitrogens with two attached hydrogens (primary N) is 2. The molecule has 8 N–H and O–H groups in total. The largest absolute Gasteiger partial charge is 0.480 e. The van der Waals surface area contributed by atoms with Crippen molar-refractivity contribution in [2.75, 3.05) is 6.54 Å². The van der Waals surface area contributed by atoms with Crippen LogP contribution in [0.25, 0.3) is 0 Å². The van der Waals surface area contributed by atoms with Crippen molar-refractivity contribution in [3.63, 3.8) is 0 Å². The Morgan fingerprint density at radius 1 is 0.718 bits per heavy atom. The van der Waals surface area contributed by atoms with E-state index in [1.54, 1.807) is 24.3 Å². The van der Waals surface area contributed by atoms with Gasteiger partial charge >= 0.3 is 5.97 Å². The summed E-state index contributed by atoms with van der Waals surface area (Å²) in [4.78, 5) is 51.4. The van der Waals surface area contributed by atoms with Crippen LogP contribution in [0, 0.1) is 5.92 Å². The molecule has 0 aliphatic heterocycles. The van der Waals surface area contributed by atoms with Crippen LogP contribution in [-0.4, -0.2) is 59.5 Å². The van der Waals surface area contributed by atoms with Crippen molar-refractivity contribution in [3.8, 4) is 0 Å². The number of carbonyl (C=O) groups excluding carboxylic acids is 3. The van der Waals surface area contributed by atoms with E-state index in [1.165, 1.54) is 0 Å². The number of carboxylic acid groups (broad SMARTS) is 1. The number of nitrogens with one attached hydrogen (secondary N) is 3. The van der Waals surface area contributed by atoms with Gasteiger partial charge in [-0.3, -0.25) is 14.4 Å². The molecular weight excluding hydrogens is 498 g/mol. The van der Waals surface area contributed by atoms with Crippen molar-refractivity contribution in [3.05, 3.63) is 71.8 Å². The normalized spacial score (nSPS) is 14.1. The lowest BCUT2D eigenvalue weighted by Gasteiger charge is -2.26. The average molecular weight is 540 g/mol. The number of hydrogen-bond donors (Lipinski definition) is 6. The van der Waals surface area contributed by atoms with Crippen LogP contribution in [0.2, 0.25) is 0 Å². The van der Waals surface area contributed by atoms with Crippen LogP contribution < -0.4 is 27.4 Å². The van der Waals surface area contributed by atoms with Gasteiger partial charge in [-0.25, -0.2) is 4.79 Å². The smallest absolute Gasteiger partial charge is 0.326 e. The molecule has 0 saturated heterocycles. The Morgan fingerprint density at radius 3 is 1.67 bits per heavy atom. The van der Waals surface area contributed by atoms with Gasteiger partial charge in [-0.1, -0.05) is 74.5 Å². The van der Waals surface area contributed by atoms with Crippen LogP contribution in [-0.2, 0) is 32.0 Å². The maximum Gasteiger partial charge on any atom is 0.326 e. The predicted molar refractivity (Wildman–Crippen MR) is 149 cm³/mol. The van der Waals surface area contributed by atoms with E-state index >= 15 is 0 Å². The fraction of sp³-hybridized carbons (Fsp3) is 0.448.